The molecular weight excluding hydrogens is 268 g/mol. The van der Waals surface area contributed by atoms with Crippen molar-refractivity contribution >= 4 is 16.5 Å². The maximum atomic E-state index is 4.28. The van der Waals surface area contributed by atoms with E-state index in [9.17, 15) is 0 Å². The van der Waals surface area contributed by atoms with E-state index in [-0.39, 0.29) is 0 Å². The molecule has 0 saturated carbocycles. The molecule has 2 rings (SSSR count). The maximum absolute atomic E-state index is 4.28. The summed E-state index contributed by atoms with van der Waals surface area (Å²) in [6.45, 7) is 12.6. The summed E-state index contributed by atoms with van der Waals surface area (Å²) in [5.74, 6) is 1.40. The lowest BCUT2D eigenvalue weighted by molar-refractivity contribution is 0.183. The first-order valence-corrected chi connectivity index (χ1v) is 8.71. The van der Waals surface area contributed by atoms with Crippen LogP contribution in [0.4, 0.5) is 5.13 Å². The molecule has 2 heterocycles. The minimum atomic E-state index is 0.494. The van der Waals surface area contributed by atoms with Crippen LogP contribution in [0.2, 0.25) is 0 Å². The topological polar surface area (TPSA) is 41.0 Å². The van der Waals surface area contributed by atoms with E-state index in [4.69, 9.17) is 0 Å². The Labute approximate surface area is 127 Å². The van der Waals surface area contributed by atoms with Gasteiger partial charge < -0.3 is 10.2 Å². The minimum Gasteiger partial charge on any atom is -0.357 e. The van der Waals surface area contributed by atoms with Gasteiger partial charge in [-0.2, -0.15) is 0 Å². The molecule has 1 atom stereocenters. The predicted octanol–water partition coefficient (Wildman–Crippen LogP) is 3.27. The van der Waals surface area contributed by atoms with Crippen molar-refractivity contribution in [3.8, 4) is 0 Å². The summed E-state index contributed by atoms with van der Waals surface area (Å²) in [4.78, 5) is 2.54. The quantitative estimate of drug-likeness (QED) is 0.875. The summed E-state index contributed by atoms with van der Waals surface area (Å²) in [6.07, 6.45) is 3.61. The molecule has 20 heavy (non-hydrogen) atoms. The molecule has 1 aliphatic rings. The number of aromatic nitrogens is 2. The monoisotopic (exact) mass is 296 g/mol. The van der Waals surface area contributed by atoms with Crippen LogP contribution < -0.4 is 5.32 Å². The average Bonchev–Trinajstić information content (AvgIpc) is 2.85. The fourth-order valence-electron chi connectivity index (χ4n) is 2.83. The van der Waals surface area contributed by atoms with Crippen molar-refractivity contribution in [2.24, 2.45) is 11.8 Å². The van der Waals surface area contributed by atoms with Gasteiger partial charge in [0.1, 0.15) is 5.01 Å². The van der Waals surface area contributed by atoms with Crippen LogP contribution in [-0.4, -0.2) is 40.8 Å². The van der Waals surface area contributed by atoms with Crippen LogP contribution in [0.25, 0.3) is 0 Å². The number of hydrogen-bond acceptors (Lipinski definition) is 5. The van der Waals surface area contributed by atoms with Gasteiger partial charge in [-0.1, -0.05) is 32.1 Å². The van der Waals surface area contributed by atoms with Crippen LogP contribution in [0.1, 0.15) is 45.5 Å². The van der Waals surface area contributed by atoms with Crippen molar-refractivity contribution < 1.29 is 0 Å². The third-order valence-electron chi connectivity index (χ3n) is 4.19. The second-order valence-corrected chi connectivity index (χ2v) is 7.37. The van der Waals surface area contributed by atoms with Crippen molar-refractivity contribution in [1.29, 1.82) is 0 Å². The Balaban J connectivity index is 1.82. The van der Waals surface area contributed by atoms with Gasteiger partial charge in [-0.05, 0) is 51.2 Å². The van der Waals surface area contributed by atoms with Crippen LogP contribution in [-0.2, 0) is 6.42 Å². The average molecular weight is 296 g/mol. The number of rotatable bonds is 6. The first-order valence-electron chi connectivity index (χ1n) is 7.89. The molecule has 5 heteroatoms. The number of hydrogen-bond donors (Lipinski definition) is 1. The van der Waals surface area contributed by atoms with E-state index >= 15 is 0 Å². The molecule has 1 unspecified atom stereocenters. The fourth-order valence-corrected chi connectivity index (χ4v) is 3.87. The smallest absolute Gasteiger partial charge is 0.205 e. The van der Waals surface area contributed by atoms with Gasteiger partial charge in [-0.15, -0.1) is 10.2 Å². The van der Waals surface area contributed by atoms with Gasteiger partial charge in [0.25, 0.3) is 0 Å². The lowest BCUT2D eigenvalue weighted by atomic mass is 9.90. The Morgan fingerprint density at radius 1 is 1.25 bits per heavy atom. The van der Waals surface area contributed by atoms with Crippen LogP contribution in [0.5, 0.6) is 0 Å². The van der Waals surface area contributed by atoms with Crippen molar-refractivity contribution in [1.82, 2.24) is 15.1 Å². The van der Waals surface area contributed by atoms with Crippen molar-refractivity contribution in [3.05, 3.63) is 5.01 Å². The summed E-state index contributed by atoms with van der Waals surface area (Å²) < 4.78 is 0. The van der Waals surface area contributed by atoms with E-state index in [0.29, 0.717) is 12.0 Å². The standard InChI is InChI=1S/C15H28N4S/c1-5-19-8-6-13(7-9-19)12(4)16-15-18-17-14(20-15)10-11(2)3/h11-13H,5-10H2,1-4H3,(H,16,18). The molecule has 0 bridgehead atoms. The minimum absolute atomic E-state index is 0.494. The van der Waals surface area contributed by atoms with Gasteiger partial charge in [0.05, 0.1) is 0 Å². The Kier molecular flexibility index (Phi) is 5.78. The molecule has 4 nitrogen and oxygen atoms in total. The summed E-state index contributed by atoms with van der Waals surface area (Å²) in [5.41, 5.74) is 0. The third-order valence-corrected chi connectivity index (χ3v) is 5.06. The highest BCUT2D eigenvalue weighted by Gasteiger charge is 2.23. The zero-order chi connectivity index (χ0) is 14.5. The third kappa shape index (κ3) is 4.42. The Morgan fingerprint density at radius 3 is 2.55 bits per heavy atom. The Bertz CT molecular complexity index is 396. The molecule has 114 valence electrons. The first-order chi connectivity index (χ1) is 9.58. The Hall–Kier alpha value is -0.680. The highest BCUT2D eigenvalue weighted by Crippen LogP contribution is 2.25. The highest BCUT2D eigenvalue weighted by atomic mass is 32.1. The SMILES string of the molecule is CCN1CCC(C(C)Nc2nnc(CC(C)C)s2)CC1. The van der Waals surface area contributed by atoms with Crippen LogP contribution in [0.3, 0.4) is 0 Å². The van der Waals surface area contributed by atoms with Gasteiger partial charge in [-0.25, -0.2) is 0 Å². The molecular formula is C15H28N4S. The molecule has 1 aromatic rings. The zero-order valence-corrected chi connectivity index (χ0v) is 14.0. The molecule has 1 aliphatic heterocycles. The van der Waals surface area contributed by atoms with Crippen LogP contribution >= 0.6 is 11.3 Å². The number of nitrogens with zero attached hydrogens (tertiary/aromatic N) is 3. The maximum Gasteiger partial charge on any atom is 0.205 e. The largest absolute Gasteiger partial charge is 0.357 e. The Morgan fingerprint density at radius 2 is 1.95 bits per heavy atom. The molecule has 1 aromatic heterocycles. The van der Waals surface area contributed by atoms with Crippen LogP contribution in [0.15, 0.2) is 0 Å². The highest BCUT2D eigenvalue weighted by molar-refractivity contribution is 7.15. The molecule has 0 amide bonds. The van der Waals surface area contributed by atoms with E-state index in [1.54, 1.807) is 11.3 Å². The predicted molar refractivity (Wildman–Crippen MR) is 86.4 cm³/mol. The van der Waals surface area contributed by atoms with Crippen LogP contribution in [0, 0.1) is 11.8 Å². The van der Waals surface area contributed by atoms with E-state index < -0.39 is 0 Å². The van der Waals surface area contributed by atoms with Gasteiger partial charge in [0.15, 0.2) is 0 Å². The van der Waals surface area contributed by atoms with Gasteiger partial charge in [-0.3, -0.25) is 0 Å². The summed E-state index contributed by atoms with van der Waals surface area (Å²) in [6, 6.07) is 0.494. The number of likely N-dealkylation sites (tertiary alicyclic amines) is 1. The van der Waals surface area contributed by atoms with Gasteiger partial charge in [0, 0.05) is 12.5 Å². The van der Waals surface area contributed by atoms with Crippen molar-refractivity contribution in [3.63, 3.8) is 0 Å². The normalized spacial score (nSPS) is 19.4. The van der Waals surface area contributed by atoms with E-state index in [2.05, 4.69) is 48.1 Å². The van der Waals surface area contributed by atoms with E-state index in [1.807, 2.05) is 0 Å². The summed E-state index contributed by atoms with van der Waals surface area (Å²) >= 11 is 1.71. The molecule has 0 spiro atoms. The second-order valence-electron chi connectivity index (χ2n) is 6.30. The summed E-state index contributed by atoms with van der Waals surface area (Å²) in [5, 5.41) is 14.3. The first kappa shape index (κ1) is 15.7. The lowest BCUT2D eigenvalue weighted by Gasteiger charge is -2.34. The van der Waals surface area contributed by atoms with Crippen molar-refractivity contribution in [2.75, 3.05) is 25.0 Å². The second kappa shape index (κ2) is 7.36. The van der Waals surface area contributed by atoms with Crippen molar-refractivity contribution in [2.45, 2.75) is 53.0 Å². The van der Waals surface area contributed by atoms with Gasteiger partial charge >= 0.3 is 0 Å². The van der Waals surface area contributed by atoms with E-state index in [1.165, 1.54) is 32.5 Å². The molecule has 0 aliphatic carbocycles. The molecule has 1 saturated heterocycles. The number of anilines is 1. The molecule has 1 N–H and O–H groups in total. The molecule has 0 aromatic carbocycles. The number of nitrogens with one attached hydrogen (secondary N) is 1. The van der Waals surface area contributed by atoms with E-state index in [0.717, 1.165) is 22.5 Å². The molecule has 0 radical (unpaired) electrons. The number of piperidine rings is 1. The fraction of sp³-hybridized carbons (Fsp3) is 0.867. The lowest BCUT2D eigenvalue weighted by Crippen LogP contribution is -2.39. The zero-order valence-electron chi connectivity index (χ0n) is 13.2. The molecule has 1 fully saturated rings. The summed E-state index contributed by atoms with van der Waals surface area (Å²) in [7, 11) is 0. The van der Waals surface area contributed by atoms with Gasteiger partial charge in [0.2, 0.25) is 5.13 Å².